The smallest absolute Gasteiger partial charge is 0.244 e. The van der Waals surface area contributed by atoms with E-state index in [1.165, 1.54) is 13.2 Å². The first-order chi connectivity index (χ1) is 9.52. The van der Waals surface area contributed by atoms with Gasteiger partial charge in [0, 0.05) is 24.3 Å². The summed E-state index contributed by atoms with van der Waals surface area (Å²) >= 11 is 0. The number of carbonyl (C=O) groups is 1. The standard InChI is InChI=1S/C15H21FN2O2/c1-10(2)17-13-5-4-8-18(15(13)19)11-6-7-14(20-3)12(16)9-11/h6-7,9-10,13,17H,4-5,8H2,1-3H3. The number of rotatable bonds is 4. The normalized spacial score (nSPS) is 19.6. The van der Waals surface area contributed by atoms with Gasteiger partial charge in [-0.25, -0.2) is 4.39 Å². The number of carbonyl (C=O) groups excluding carboxylic acids is 1. The number of hydrogen-bond donors (Lipinski definition) is 1. The van der Waals surface area contributed by atoms with E-state index in [-0.39, 0.29) is 23.7 Å². The molecule has 1 aromatic carbocycles. The summed E-state index contributed by atoms with van der Waals surface area (Å²) in [5.74, 6) is -0.249. The van der Waals surface area contributed by atoms with Gasteiger partial charge in [0.05, 0.1) is 13.2 Å². The van der Waals surface area contributed by atoms with Crippen LogP contribution in [0.2, 0.25) is 0 Å². The van der Waals surface area contributed by atoms with Crippen molar-refractivity contribution in [1.29, 1.82) is 0 Å². The highest BCUT2D eigenvalue weighted by Gasteiger charge is 2.30. The molecule has 0 saturated carbocycles. The Morgan fingerprint density at radius 3 is 2.80 bits per heavy atom. The van der Waals surface area contributed by atoms with Crippen LogP contribution in [0.25, 0.3) is 0 Å². The Morgan fingerprint density at radius 2 is 2.20 bits per heavy atom. The molecule has 1 fully saturated rings. The summed E-state index contributed by atoms with van der Waals surface area (Å²) < 4.78 is 18.7. The third kappa shape index (κ3) is 3.10. The maximum Gasteiger partial charge on any atom is 0.244 e. The minimum Gasteiger partial charge on any atom is -0.494 e. The number of amides is 1. The highest BCUT2D eigenvalue weighted by molar-refractivity contribution is 5.98. The number of piperidine rings is 1. The molecular weight excluding hydrogens is 259 g/mol. The van der Waals surface area contributed by atoms with Crippen LogP contribution in [0.5, 0.6) is 5.75 Å². The van der Waals surface area contributed by atoms with Gasteiger partial charge in [-0.05, 0) is 25.0 Å². The molecule has 1 atom stereocenters. The van der Waals surface area contributed by atoms with Gasteiger partial charge in [-0.1, -0.05) is 13.8 Å². The van der Waals surface area contributed by atoms with Gasteiger partial charge in [0.25, 0.3) is 0 Å². The molecule has 0 spiro atoms. The molecule has 1 aliphatic heterocycles. The zero-order chi connectivity index (χ0) is 14.7. The van der Waals surface area contributed by atoms with Crippen molar-refractivity contribution in [2.45, 2.75) is 38.8 Å². The Bertz CT molecular complexity index is 491. The predicted molar refractivity (Wildman–Crippen MR) is 76.6 cm³/mol. The van der Waals surface area contributed by atoms with E-state index in [4.69, 9.17) is 4.74 Å². The van der Waals surface area contributed by atoms with Crippen LogP contribution in [0.4, 0.5) is 10.1 Å². The Morgan fingerprint density at radius 1 is 1.45 bits per heavy atom. The van der Waals surface area contributed by atoms with Crippen molar-refractivity contribution < 1.29 is 13.9 Å². The van der Waals surface area contributed by atoms with Crippen LogP contribution >= 0.6 is 0 Å². The van der Waals surface area contributed by atoms with Crippen molar-refractivity contribution in [3.63, 3.8) is 0 Å². The number of anilines is 1. The molecule has 1 aromatic rings. The van der Waals surface area contributed by atoms with Crippen molar-refractivity contribution in [3.05, 3.63) is 24.0 Å². The Kier molecular flexibility index (Phi) is 4.60. The van der Waals surface area contributed by atoms with Gasteiger partial charge in [0.15, 0.2) is 11.6 Å². The van der Waals surface area contributed by atoms with Gasteiger partial charge >= 0.3 is 0 Å². The molecule has 0 aromatic heterocycles. The van der Waals surface area contributed by atoms with Gasteiger partial charge in [0.2, 0.25) is 5.91 Å². The average molecular weight is 280 g/mol. The zero-order valence-electron chi connectivity index (χ0n) is 12.1. The van der Waals surface area contributed by atoms with E-state index in [0.29, 0.717) is 12.2 Å². The summed E-state index contributed by atoms with van der Waals surface area (Å²) in [6, 6.07) is 4.69. The number of nitrogens with zero attached hydrogens (tertiary/aromatic N) is 1. The van der Waals surface area contributed by atoms with Gasteiger partial charge in [0.1, 0.15) is 0 Å². The molecule has 20 heavy (non-hydrogen) atoms. The summed E-state index contributed by atoms with van der Waals surface area (Å²) in [5.41, 5.74) is 0.587. The lowest BCUT2D eigenvalue weighted by molar-refractivity contribution is -0.121. The molecule has 4 nitrogen and oxygen atoms in total. The third-order valence-corrected chi connectivity index (χ3v) is 3.42. The van der Waals surface area contributed by atoms with E-state index in [1.54, 1.807) is 17.0 Å². The number of ether oxygens (including phenoxy) is 1. The van der Waals surface area contributed by atoms with Crippen LogP contribution < -0.4 is 15.0 Å². The fraction of sp³-hybridized carbons (Fsp3) is 0.533. The highest BCUT2D eigenvalue weighted by atomic mass is 19.1. The van der Waals surface area contributed by atoms with Crippen molar-refractivity contribution >= 4 is 11.6 Å². The second-order valence-corrected chi connectivity index (χ2v) is 5.32. The number of hydrogen-bond acceptors (Lipinski definition) is 3. The van der Waals surface area contributed by atoms with Crippen LogP contribution in [0.1, 0.15) is 26.7 Å². The summed E-state index contributed by atoms with van der Waals surface area (Å²) in [6.45, 7) is 4.65. The first-order valence-corrected chi connectivity index (χ1v) is 6.94. The monoisotopic (exact) mass is 280 g/mol. The fourth-order valence-electron chi connectivity index (χ4n) is 2.51. The van der Waals surface area contributed by atoms with E-state index in [0.717, 1.165) is 12.8 Å². The molecule has 1 aliphatic rings. The lowest BCUT2D eigenvalue weighted by atomic mass is 10.0. The summed E-state index contributed by atoms with van der Waals surface area (Å²) in [5, 5.41) is 3.26. The lowest BCUT2D eigenvalue weighted by Gasteiger charge is -2.33. The van der Waals surface area contributed by atoms with Crippen LogP contribution in [0.15, 0.2) is 18.2 Å². The molecule has 1 saturated heterocycles. The lowest BCUT2D eigenvalue weighted by Crippen LogP contribution is -2.52. The molecule has 110 valence electrons. The quantitative estimate of drug-likeness (QED) is 0.920. The molecule has 0 bridgehead atoms. The molecule has 1 unspecified atom stereocenters. The molecule has 1 N–H and O–H groups in total. The predicted octanol–water partition coefficient (Wildman–Crippen LogP) is 2.33. The van der Waals surface area contributed by atoms with Crippen LogP contribution in [0, 0.1) is 5.82 Å². The molecule has 5 heteroatoms. The van der Waals surface area contributed by atoms with E-state index < -0.39 is 5.82 Å². The number of benzene rings is 1. The van der Waals surface area contributed by atoms with Gasteiger partial charge < -0.3 is 15.0 Å². The van der Waals surface area contributed by atoms with Crippen molar-refractivity contribution in [2.24, 2.45) is 0 Å². The van der Waals surface area contributed by atoms with Crippen LogP contribution in [0.3, 0.4) is 0 Å². The first-order valence-electron chi connectivity index (χ1n) is 6.94. The van der Waals surface area contributed by atoms with E-state index in [2.05, 4.69) is 5.32 Å². The van der Waals surface area contributed by atoms with Crippen molar-refractivity contribution in [3.8, 4) is 5.75 Å². The van der Waals surface area contributed by atoms with E-state index in [9.17, 15) is 9.18 Å². The SMILES string of the molecule is COc1ccc(N2CCCC(NC(C)C)C2=O)cc1F. The number of methoxy groups -OCH3 is 1. The van der Waals surface area contributed by atoms with Crippen molar-refractivity contribution in [1.82, 2.24) is 5.32 Å². The number of halogens is 1. The molecule has 2 rings (SSSR count). The van der Waals surface area contributed by atoms with Crippen LogP contribution in [-0.2, 0) is 4.79 Å². The Labute approximate surface area is 118 Å². The molecule has 0 aliphatic carbocycles. The molecule has 0 radical (unpaired) electrons. The average Bonchev–Trinajstić information content (AvgIpc) is 2.40. The second kappa shape index (κ2) is 6.22. The molecular formula is C15H21FN2O2. The van der Waals surface area contributed by atoms with Crippen molar-refractivity contribution in [2.75, 3.05) is 18.6 Å². The van der Waals surface area contributed by atoms with Gasteiger partial charge in [-0.2, -0.15) is 0 Å². The first kappa shape index (κ1) is 14.8. The van der Waals surface area contributed by atoms with Gasteiger partial charge in [-0.3, -0.25) is 4.79 Å². The highest BCUT2D eigenvalue weighted by Crippen LogP contribution is 2.26. The summed E-state index contributed by atoms with van der Waals surface area (Å²) in [7, 11) is 1.42. The Balaban J connectivity index is 2.19. The maximum atomic E-state index is 13.8. The van der Waals surface area contributed by atoms with Crippen LogP contribution in [-0.4, -0.2) is 31.6 Å². The Hall–Kier alpha value is -1.62. The van der Waals surface area contributed by atoms with E-state index >= 15 is 0 Å². The maximum absolute atomic E-state index is 13.8. The molecule has 1 amide bonds. The van der Waals surface area contributed by atoms with Gasteiger partial charge in [-0.15, -0.1) is 0 Å². The largest absolute Gasteiger partial charge is 0.494 e. The third-order valence-electron chi connectivity index (χ3n) is 3.42. The number of nitrogens with one attached hydrogen (secondary N) is 1. The summed E-state index contributed by atoms with van der Waals surface area (Å²) in [6.07, 6.45) is 1.73. The fourth-order valence-corrected chi connectivity index (χ4v) is 2.51. The zero-order valence-corrected chi connectivity index (χ0v) is 12.1. The molecule has 1 heterocycles. The second-order valence-electron chi connectivity index (χ2n) is 5.32. The topological polar surface area (TPSA) is 41.6 Å². The van der Waals surface area contributed by atoms with E-state index in [1.807, 2.05) is 13.8 Å². The summed E-state index contributed by atoms with van der Waals surface area (Å²) in [4.78, 5) is 14.1. The minimum absolute atomic E-state index is 0.00881. The minimum atomic E-state index is -0.447.